The van der Waals surface area contributed by atoms with Gasteiger partial charge in [0.25, 0.3) is 5.91 Å². The SMILES string of the molecule is COCCN(C)c1ccc(CN(C(=O)COc2ccccc2)C2CCCCNC2=O)cc1. The lowest BCUT2D eigenvalue weighted by Crippen LogP contribution is -2.49. The number of rotatable bonds is 10. The Bertz CT molecular complexity index is 857. The molecule has 1 heterocycles. The van der Waals surface area contributed by atoms with E-state index in [1.807, 2.05) is 61.6 Å². The van der Waals surface area contributed by atoms with Crippen molar-refractivity contribution < 1.29 is 19.1 Å². The average Bonchev–Trinajstić information content (AvgIpc) is 3.04. The number of likely N-dealkylation sites (N-methyl/N-ethyl adjacent to an activating group) is 1. The molecule has 0 bridgehead atoms. The molecule has 1 atom stereocenters. The second-order valence-corrected chi connectivity index (χ2v) is 8.01. The zero-order chi connectivity index (χ0) is 22.8. The molecule has 3 rings (SSSR count). The van der Waals surface area contributed by atoms with Crippen LogP contribution < -0.4 is 15.0 Å². The van der Waals surface area contributed by atoms with Gasteiger partial charge in [-0.05, 0) is 49.1 Å². The normalized spacial score (nSPS) is 16.1. The van der Waals surface area contributed by atoms with E-state index in [0.717, 1.165) is 30.6 Å². The van der Waals surface area contributed by atoms with E-state index >= 15 is 0 Å². The maximum atomic E-state index is 13.2. The van der Waals surface area contributed by atoms with Crippen molar-refractivity contribution in [1.29, 1.82) is 0 Å². The Morgan fingerprint density at radius 2 is 1.84 bits per heavy atom. The van der Waals surface area contributed by atoms with Crippen LogP contribution in [0.4, 0.5) is 5.69 Å². The van der Waals surface area contributed by atoms with Crippen LogP contribution in [0.1, 0.15) is 24.8 Å². The summed E-state index contributed by atoms with van der Waals surface area (Å²) in [5.74, 6) is 0.346. The van der Waals surface area contributed by atoms with E-state index in [4.69, 9.17) is 9.47 Å². The number of anilines is 1. The fourth-order valence-corrected chi connectivity index (χ4v) is 3.75. The Balaban J connectivity index is 1.72. The van der Waals surface area contributed by atoms with Gasteiger partial charge >= 0.3 is 0 Å². The number of carbonyl (C=O) groups is 2. The third-order valence-electron chi connectivity index (χ3n) is 5.67. The molecule has 172 valence electrons. The summed E-state index contributed by atoms with van der Waals surface area (Å²) in [5.41, 5.74) is 2.04. The molecule has 32 heavy (non-hydrogen) atoms. The highest BCUT2D eigenvalue weighted by atomic mass is 16.5. The number of para-hydroxylation sites is 1. The van der Waals surface area contributed by atoms with Crippen LogP contribution >= 0.6 is 0 Å². The molecule has 0 radical (unpaired) electrons. The highest BCUT2D eigenvalue weighted by Crippen LogP contribution is 2.20. The van der Waals surface area contributed by atoms with E-state index in [9.17, 15) is 9.59 Å². The first-order valence-electron chi connectivity index (χ1n) is 11.1. The minimum absolute atomic E-state index is 0.0912. The van der Waals surface area contributed by atoms with E-state index in [1.54, 1.807) is 12.0 Å². The molecule has 1 saturated heterocycles. The molecule has 7 heteroatoms. The summed E-state index contributed by atoms with van der Waals surface area (Å²) >= 11 is 0. The largest absolute Gasteiger partial charge is 0.484 e. The third kappa shape index (κ3) is 6.72. The number of nitrogens with zero attached hydrogens (tertiary/aromatic N) is 2. The number of nitrogens with one attached hydrogen (secondary N) is 1. The fraction of sp³-hybridized carbons (Fsp3) is 0.440. The highest BCUT2D eigenvalue weighted by Gasteiger charge is 2.31. The standard InChI is InChI=1S/C25H33N3O4/c1-27(16-17-31-2)21-13-11-20(12-14-21)18-28(23-10-6-7-15-26-25(23)30)24(29)19-32-22-8-4-3-5-9-22/h3-5,8-9,11-14,23H,6-7,10,15-19H2,1-2H3,(H,26,30). The summed E-state index contributed by atoms with van der Waals surface area (Å²) in [4.78, 5) is 29.6. The number of hydrogen-bond acceptors (Lipinski definition) is 5. The smallest absolute Gasteiger partial charge is 0.261 e. The Morgan fingerprint density at radius 3 is 2.56 bits per heavy atom. The predicted octanol–water partition coefficient (Wildman–Crippen LogP) is 2.85. The van der Waals surface area contributed by atoms with Gasteiger partial charge in [0.05, 0.1) is 6.61 Å². The predicted molar refractivity (Wildman–Crippen MR) is 125 cm³/mol. The molecule has 2 amide bonds. The van der Waals surface area contributed by atoms with Gasteiger partial charge in [-0.25, -0.2) is 0 Å². The summed E-state index contributed by atoms with van der Waals surface area (Å²) < 4.78 is 10.8. The Hall–Kier alpha value is -3.06. The summed E-state index contributed by atoms with van der Waals surface area (Å²) in [6.45, 7) is 2.35. The van der Waals surface area contributed by atoms with E-state index in [1.165, 1.54) is 0 Å². The van der Waals surface area contributed by atoms with Crippen molar-refractivity contribution in [1.82, 2.24) is 10.2 Å². The molecule has 0 aliphatic carbocycles. The molecule has 1 unspecified atom stereocenters. The van der Waals surface area contributed by atoms with Crippen molar-refractivity contribution >= 4 is 17.5 Å². The second kappa shape index (κ2) is 12.1. The van der Waals surface area contributed by atoms with E-state index in [-0.39, 0.29) is 18.4 Å². The molecule has 2 aromatic rings. The lowest BCUT2D eigenvalue weighted by molar-refractivity contribution is -0.142. The topological polar surface area (TPSA) is 71.1 Å². The quantitative estimate of drug-likeness (QED) is 0.616. The molecule has 1 fully saturated rings. The summed E-state index contributed by atoms with van der Waals surface area (Å²) in [7, 11) is 3.70. The molecule has 0 aromatic heterocycles. The summed E-state index contributed by atoms with van der Waals surface area (Å²) in [6.07, 6.45) is 2.48. The lowest BCUT2D eigenvalue weighted by atomic mass is 10.1. The minimum Gasteiger partial charge on any atom is -0.484 e. The first-order chi connectivity index (χ1) is 15.6. The molecule has 1 aliphatic heterocycles. The number of hydrogen-bond donors (Lipinski definition) is 1. The molecular formula is C25H33N3O4. The first-order valence-corrected chi connectivity index (χ1v) is 11.1. The van der Waals surface area contributed by atoms with Gasteiger partial charge in [-0.15, -0.1) is 0 Å². The van der Waals surface area contributed by atoms with Crippen LogP contribution in [-0.4, -0.2) is 63.2 Å². The van der Waals surface area contributed by atoms with E-state index < -0.39 is 6.04 Å². The van der Waals surface area contributed by atoms with Crippen molar-refractivity contribution in [3.8, 4) is 5.75 Å². The van der Waals surface area contributed by atoms with Crippen LogP contribution in [-0.2, 0) is 20.9 Å². The van der Waals surface area contributed by atoms with Gasteiger partial charge in [0.1, 0.15) is 11.8 Å². The fourth-order valence-electron chi connectivity index (χ4n) is 3.75. The number of benzene rings is 2. The van der Waals surface area contributed by atoms with Crippen molar-refractivity contribution in [3.63, 3.8) is 0 Å². The van der Waals surface area contributed by atoms with Crippen molar-refractivity contribution in [3.05, 3.63) is 60.2 Å². The number of carbonyl (C=O) groups excluding carboxylic acids is 2. The number of amides is 2. The van der Waals surface area contributed by atoms with Crippen LogP contribution in [0.3, 0.4) is 0 Å². The Labute approximate surface area is 190 Å². The lowest BCUT2D eigenvalue weighted by Gasteiger charge is -2.30. The van der Waals surface area contributed by atoms with Gasteiger partial charge in [-0.3, -0.25) is 9.59 Å². The van der Waals surface area contributed by atoms with Crippen LogP contribution in [0.15, 0.2) is 54.6 Å². The number of methoxy groups -OCH3 is 1. The third-order valence-corrected chi connectivity index (χ3v) is 5.67. The zero-order valence-corrected chi connectivity index (χ0v) is 19.0. The van der Waals surface area contributed by atoms with Crippen molar-refractivity contribution in [2.75, 3.05) is 45.4 Å². The van der Waals surface area contributed by atoms with E-state index in [0.29, 0.717) is 31.9 Å². The van der Waals surface area contributed by atoms with Crippen LogP contribution in [0.25, 0.3) is 0 Å². The van der Waals surface area contributed by atoms with Crippen LogP contribution in [0.5, 0.6) is 5.75 Å². The molecule has 2 aromatic carbocycles. The molecule has 1 N–H and O–H groups in total. The minimum atomic E-state index is -0.492. The van der Waals surface area contributed by atoms with Gasteiger partial charge < -0.3 is 24.6 Å². The summed E-state index contributed by atoms with van der Waals surface area (Å²) in [6, 6.07) is 16.8. The maximum absolute atomic E-state index is 13.2. The molecule has 0 spiro atoms. The van der Waals surface area contributed by atoms with Crippen LogP contribution in [0.2, 0.25) is 0 Å². The Kier molecular flexibility index (Phi) is 8.92. The molecule has 7 nitrogen and oxygen atoms in total. The second-order valence-electron chi connectivity index (χ2n) is 8.01. The molecule has 0 saturated carbocycles. The van der Waals surface area contributed by atoms with Gasteiger partial charge in [-0.1, -0.05) is 30.3 Å². The van der Waals surface area contributed by atoms with Gasteiger partial charge in [0, 0.05) is 39.5 Å². The van der Waals surface area contributed by atoms with E-state index in [2.05, 4.69) is 10.2 Å². The van der Waals surface area contributed by atoms with Crippen molar-refractivity contribution in [2.45, 2.75) is 31.8 Å². The Morgan fingerprint density at radius 1 is 1.09 bits per heavy atom. The van der Waals surface area contributed by atoms with Gasteiger partial charge in [0.2, 0.25) is 5.91 Å². The average molecular weight is 440 g/mol. The van der Waals surface area contributed by atoms with Crippen LogP contribution in [0, 0.1) is 0 Å². The van der Waals surface area contributed by atoms with Gasteiger partial charge in [0.15, 0.2) is 6.61 Å². The zero-order valence-electron chi connectivity index (χ0n) is 19.0. The number of ether oxygens (including phenoxy) is 2. The highest BCUT2D eigenvalue weighted by molar-refractivity contribution is 5.88. The monoisotopic (exact) mass is 439 g/mol. The van der Waals surface area contributed by atoms with Gasteiger partial charge in [-0.2, -0.15) is 0 Å². The molecular weight excluding hydrogens is 406 g/mol. The maximum Gasteiger partial charge on any atom is 0.261 e. The van der Waals surface area contributed by atoms with Crippen molar-refractivity contribution in [2.24, 2.45) is 0 Å². The first kappa shape index (κ1) is 23.6. The summed E-state index contributed by atoms with van der Waals surface area (Å²) in [5, 5.41) is 2.94. The molecule has 1 aliphatic rings.